The Morgan fingerprint density at radius 1 is 1.35 bits per heavy atom. The highest BCUT2D eigenvalue weighted by molar-refractivity contribution is 14.1. The first kappa shape index (κ1) is 15.4. The average Bonchev–Trinajstić information content (AvgIpc) is 2.64. The van der Waals surface area contributed by atoms with Crippen LogP contribution in [0.3, 0.4) is 0 Å². The lowest BCUT2D eigenvalue weighted by atomic mass is 10.3. The molecule has 0 unspecified atom stereocenters. The van der Waals surface area contributed by atoms with Crippen LogP contribution in [0, 0.1) is 3.57 Å². The van der Waals surface area contributed by atoms with Crippen LogP contribution >= 0.6 is 22.6 Å². The molecular formula is C12H11F3INO3. The predicted octanol–water partition coefficient (Wildman–Crippen LogP) is 3.17. The van der Waals surface area contributed by atoms with E-state index in [0.717, 1.165) is 3.57 Å². The van der Waals surface area contributed by atoms with E-state index in [1.807, 2.05) is 6.07 Å². The van der Waals surface area contributed by atoms with Crippen LogP contribution in [0.2, 0.25) is 0 Å². The zero-order chi connectivity index (χ0) is 14.8. The molecule has 0 saturated carbocycles. The number of alkyl halides is 3. The minimum absolute atomic E-state index is 0.0669. The second-order valence-corrected chi connectivity index (χ2v) is 5.40. The molecule has 20 heavy (non-hydrogen) atoms. The molecule has 0 amide bonds. The van der Waals surface area contributed by atoms with Crippen molar-refractivity contribution in [2.45, 2.75) is 19.1 Å². The minimum atomic E-state index is -4.32. The maximum atomic E-state index is 11.9. The Hall–Kier alpha value is -1.03. The Morgan fingerprint density at radius 3 is 2.80 bits per heavy atom. The van der Waals surface area contributed by atoms with Gasteiger partial charge >= 0.3 is 11.9 Å². The number of halogens is 4. The van der Waals surface area contributed by atoms with Crippen molar-refractivity contribution in [2.24, 2.45) is 0 Å². The summed E-state index contributed by atoms with van der Waals surface area (Å²) in [7, 11) is 0. The molecule has 110 valence electrons. The largest absolute Gasteiger partial charge is 0.419 e. The van der Waals surface area contributed by atoms with Crippen LogP contribution in [0.25, 0.3) is 11.1 Å². The zero-order valence-electron chi connectivity index (χ0n) is 10.2. The van der Waals surface area contributed by atoms with E-state index >= 15 is 0 Å². The van der Waals surface area contributed by atoms with E-state index in [0.29, 0.717) is 17.5 Å². The molecule has 0 N–H and O–H groups in total. The van der Waals surface area contributed by atoms with Crippen LogP contribution in [-0.4, -0.2) is 24.0 Å². The van der Waals surface area contributed by atoms with E-state index < -0.39 is 18.5 Å². The maximum absolute atomic E-state index is 11.9. The predicted molar refractivity (Wildman–Crippen MR) is 74.7 cm³/mol. The quantitative estimate of drug-likeness (QED) is 0.571. The fraction of sp³-hybridized carbons (Fsp3) is 0.417. The van der Waals surface area contributed by atoms with Gasteiger partial charge in [0.25, 0.3) is 0 Å². The molecule has 0 aliphatic carbocycles. The van der Waals surface area contributed by atoms with E-state index in [9.17, 15) is 18.0 Å². The van der Waals surface area contributed by atoms with Gasteiger partial charge in [0.15, 0.2) is 5.58 Å². The molecule has 0 aliphatic heterocycles. The molecule has 2 aromatic rings. The second kappa shape index (κ2) is 6.17. The number of oxazole rings is 1. The van der Waals surface area contributed by atoms with Crippen LogP contribution in [-0.2, 0) is 11.3 Å². The van der Waals surface area contributed by atoms with Crippen molar-refractivity contribution < 1.29 is 22.3 Å². The van der Waals surface area contributed by atoms with E-state index in [1.165, 1.54) is 4.57 Å². The van der Waals surface area contributed by atoms with E-state index in [4.69, 9.17) is 4.42 Å². The van der Waals surface area contributed by atoms with E-state index in [-0.39, 0.29) is 13.2 Å². The van der Waals surface area contributed by atoms with Gasteiger partial charge in [0.05, 0.1) is 5.52 Å². The Balaban J connectivity index is 1.98. The van der Waals surface area contributed by atoms with Gasteiger partial charge in [-0.05, 0) is 47.2 Å². The molecule has 0 aliphatic rings. The molecule has 1 heterocycles. The van der Waals surface area contributed by atoms with Crippen LogP contribution in [0.1, 0.15) is 6.42 Å². The van der Waals surface area contributed by atoms with Crippen molar-refractivity contribution in [3.8, 4) is 0 Å². The number of ether oxygens (including phenoxy) is 1. The van der Waals surface area contributed by atoms with Crippen LogP contribution < -0.4 is 5.76 Å². The molecule has 1 aromatic heterocycles. The molecule has 1 aromatic carbocycles. The number of aromatic nitrogens is 1. The number of benzene rings is 1. The van der Waals surface area contributed by atoms with Gasteiger partial charge < -0.3 is 9.15 Å². The third-order valence-electron chi connectivity index (χ3n) is 2.57. The van der Waals surface area contributed by atoms with Gasteiger partial charge in [-0.15, -0.1) is 0 Å². The lowest BCUT2D eigenvalue weighted by Crippen LogP contribution is -2.19. The van der Waals surface area contributed by atoms with Crippen LogP contribution in [0.5, 0.6) is 0 Å². The maximum Gasteiger partial charge on any atom is 0.419 e. The SMILES string of the molecule is O=c1oc2ccc(I)cc2n1CCCOCC(F)(F)F. The first-order valence-electron chi connectivity index (χ1n) is 5.80. The Labute approximate surface area is 125 Å². The van der Waals surface area contributed by atoms with Gasteiger partial charge in [0.1, 0.15) is 6.61 Å². The molecule has 0 spiro atoms. The number of aryl methyl sites for hydroxylation is 1. The number of rotatable bonds is 5. The Kier molecular flexibility index (Phi) is 4.74. The van der Waals surface area contributed by atoms with Gasteiger partial charge in [-0.3, -0.25) is 4.57 Å². The summed E-state index contributed by atoms with van der Waals surface area (Å²) < 4.78 is 47.5. The molecule has 2 rings (SSSR count). The van der Waals surface area contributed by atoms with E-state index in [1.54, 1.807) is 12.1 Å². The van der Waals surface area contributed by atoms with Crippen molar-refractivity contribution in [3.05, 3.63) is 32.3 Å². The van der Waals surface area contributed by atoms with Crippen LogP contribution in [0.4, 0.5) is 13.2 Å². The standard InChI is InChI=1S/C12H11F3INO3/c13-12(14,15)7-19-5-1-4-17-9-6-8(16)2-3-10(9)20-11(17)18/h2-3,6H,1,4-5,7H2. The highest BCUT2D eigenvalue weighted by Crippen LogP contribution is 2.17. The van der Waals surface area contributed by atoms with Crippen molar-refractivity contribution in [1.29, 1.82) is 0 Å². The molecular weight excluding hydrogens is 390 g/mol. The van der Waals surface area contributed by atoms with Gasteiger partial charge in [-0.1, -0.05) is 0 Å². The third-order valence-corrected chi connectivity index (χ3v) is 3.24. The fourth-order valence-corrected chi connectivity index (χ4v) is 2.23. The van der Waals surface area contributed by atoms with Crippen molar-refractivity contribution >= 4 is 33.7 Å². The van der Waals surface area contributed by atoms with Crippen LogP contribution in [0.15, 0.2) is 27.4 Å². The van der Waals surface area contributed by atoms with Gasteiger partial charge in [-0.2, -0.15) is 13.2 Å². The van der Waals surface area contributed by atoms with Gasteiger partial charge in [0.2, 0.25) is 0 Å². The molecule has 0 atom stereocenters. The highest BCUT2D eigenvalue weighted by atomic mass is 127. The monoisotopic (exact) mass is 401 g/mol. The molecule has 0 saturated heterocycles. The van der Waals surface area contributed by atoms with E-state index in [2.05, 4.69) is 27.3 Å². The Bertz CT molecular complexity index is 647. The summed E-state index contributed by atoms with van der Waals surface area (Å²) in [5, 5.41) is 0. The average molecular weight is 401 g/mol. The van der Waals surface area contributed by atoms with Gasteiger partial charge in [0, 0.05) is 16.7 Å². The highest BCUT2D eigenvalue weighted by Gasteiger charge is 2.27. The first-order valence-corrected chi connectivity index (χ1v) is 6.88. The number of nitrogens with zero attached hydrogens (tertiary/aromatic N) is 1. The molecule has 8 heteroatoms. The summed E-state index contributed by atoms with van der Waals surface area (Å²) in [6.45, 7) is -1.09. The van der Waals surface area contributed by atoms with Gasteiger partial charge in [-0.25, -0.2) is 4.79 Å². The summed E-state index contributed by atoms with van der Waals surface area (Å²) in [5.74, 6) is -0.516. The minimum Gasteiger partial charge on any atom is -0.408 e. The number of hydrogen-bond donors (Lipinski definition) is 0. The lowest BCUT2D eigenvalue weighted by molar-refractivity contribution is -0.174. The summed E-state index contributed by atoms with van der Waals surface area (Å²) in [6.07, 6.45) is -4.02. The second-order valence-electron chi connectivity index (χ2n) is 4.15. The molecule has 0 fully saturated rings. The summed E-state index contributed by atoms with van der Waals surface area (Å²) in [5.41, 5.74) is 1.10. The fourth-order valence-electron chi connectivity index (χ4n) is 1.76. The number of hydrogen-bond acceptors (Lipinski definition) is 3. The summed E-state index contributed by atoms with van der Waals surface area (Å²) >= 11 is 2.11. The molecule has 4 nitrogen and oxygen atoms in total. The zero-order valence-corrected chi connectivity index (χ0v) is 12.4. The number of fused-ring (bicyclic) bond motifs is 1. The van der Waals surface area contributed by atoms with Crippen molar-refractivity contribution in [1.82, 2.24) is 4.57 Å². The Morgan fingerprint density at radius 2 is 2.10 bits per heavy atom. The third kappa shape index (κ3) is 3.98. The summed E-state index contributed by atoms with van der Waals surface area (Å²) in [6, 6.07) is 5.29. The molecule has 0 radical (unpaired) electrons. The topological polar surface area (TPSA) is 44.4 Å². The molecule has 0 bridgehead atoms. The summed E-state index contributed by atoms with van der Waals surface area (Å²) in [4.78, 5) is 11.6. The first-order chi connectivity index (χ1) is 9.37. The lowest BCUT2D eigenvalue weighted by Gasteiger charge is -2.07. The normalized spacial score (nSPS) is 12.2. The van der Waals surface area contributed by atoms with Crippen molar-refractivity contribution in [3.63, 3.8) is 0 Å². The smallest absolute Gasteiger partial charge is 0.408 e. The van der Waals surface area contributed by atoms with Crippen molar-refractivity contribution in [2.75, 3.05) is 13.2 Å².